The Balaban J connectivity index is 1.88. The fourth-order valence-corrected chi connectivity index (χ4v) is 4.70. The molecule has 1 aromatic rings. The molecule has 3 rings (SSSR count). The van der Waals surface area contributed by atoms with Gasteiger partial charge in [0.05, 0.1) is 15.6 Å². The number of nitrogens with zero attached hydrogens (tertiary/aromatic N) is 2. The number of carboxylic acid groups (broad SMARTS) is 1. The molecule has 5 nitrogen and oxygen atoms in total. The molecular formula is C17H14N2O3S3. The van der Waals surface area contributed by atoms with Crippen molar-refractivity contribution < 1.29 is 14.7 Å². The molecule has 0 aliphatic carbocycles. The molecule has 0 aromatic heterocycles. The lowest BCUT2D eigenvalue weighted by molar-refractivity contribution is -0.135. The smallest absolute Gasteiger partial charge is 0.323 e. The monoisotopic (exact) mass is 390 g/mol. The quantitative estimate of drug-likeness (QED) is 0.469. The second kappa shape index (κ2) is 7.47. The van der Waals surface area contributed by atoms with Gasteiger partial charge in [0.2, 0.25) is 0 Å². The normalized spacial score (nSPS) is 19.8. The number of carboxylic acids is 1. The Bertz CT molecular complexity index is 832. The van der Waals surface area contributed by atoms with E-state index >= 15 is 0 Å². The lowest BCUT2D eigenvalue weighted by atomic mass is 10.3. The van der Waals surface area contributed by atoms with Gasteiger partial charge in [-0.05, 0) is 24.3 Å². The Morgan fingerprint density at radius 2 is 2.00 bits per heavy atom. The van der Waals surface area contributed by atoms with Crippen molar-refractivity contribution in [1.82, 2.24) is 4.90 Å². The molecule has 0 spiro atoms. The van der Waals surface area contributed by atoms with E-state index in [4.69, 9.17) is 12.2 Å². The number of thiocarbonyl (C=S) groups is 1. The highest BCUT2D eigenvalue weighted by atomic mass is 32.2. The lowest BCUT2D eigenvalue weighted by Crippen LogP contribution is -2.27. The summed E-state index contributed by atoms with van der Waals surface area (Å²) in [7, 11) is 0. The standard InChI is InChI=1S/C17H14N2O3S3/c1-2-9-18-16(22)13(25-17(18)23)7-8-14-19(10-15(20)21)11-5-3-4-6-12(11)24-14/h2-8H,1,9-10H2,(H,20,21)/b13-7-,14-8+. The van der Waals surface area contributed by atoms with Crippen molar-refractivity contribution in [2.45, 2.75) is 4.90 Å². The van der Waals surface area contributed by atoms with Crippen LogP contribution >= 0.6 is 35.7 Å². The first-order valence-corrected chi connectivity index (χ1v) is 9.38. The third kappa shape index (κ3) is 3.65. The number of rotatable bonds is 5. The number of carbonyl (C=O) groups is 2. The van der Waals surface area contributed by atoms with Crippen LogP contribution in [0.4, 0.5) is 5.69 Å². The van der Waals surface area contributed by atoms with Crippen molar-refractivity contribution in [3.8, 4) is 0 Å². The van der Waals surface area contributed by atoms with Crippen LogP contribution in [0.15, 0.2) is 63.9 Å². The first-order valence-electron chi connectivity index (χ1n) is 7.34. The molecular weight excluding hydrogens is 376 g/mol. The third-order valence-corrected chi connectivity index (χ3v) is 6.02. The van der Waals surface area contributed by atoms with Gasteiger partial charge in [0.15, 0.2) is 0 Å². The molecule has 1 aromatic carbocycles. The highest BCUT2D eigenvalue weighted by Gasteiger charge is 2.31. The number of carbonyl (C=O) groups excluding carboxylic acids is 1. The maximum absolute atomic E-state index is 12.3. The van der Waals surface area contributed by atoms with Crippen LogP contribution in [0.5, 0.6) is 0 Å². The minimum atomic E-state index is -0.916. The predicted octanol–water partition coefficient (Wildman–Crippen LogP) is 3.45. The van der Waals surface area contributed by atoms with Crippen LogP contribution in [-0.4, -0.2) is 39.3 Å². The number of para-hydroxylation sites is 1. The van der Waals surface area contributed by atoms with E-state index in [2.05, 4.69) is 6.58 Å². The van der Waals surface area contributed by atoms with Gasteiger partial charge in [-0.2, -0.15) is 0 Å². The Labute approximate surface area is 159 Å². The Morgan fingerprint density at radius 3 is 2.72 bits per heavy atom. The van der Waals surface area contributed by atoms with E-state index in [0.29, 0.717) is 15.8 Å². The van der Waals surface area contributed by atoms with Gasteiger partial charge < -0.3 is 10.0 Å². The zero-order chi connectivity index (χ0) is 18.0. The van der Waals surface area contributed by atoms with Gasteiger partial charge in [0, 0.05) is 11.4 Å². The second-order valence-electron chi connectivity index (χ2n) is 5.16. The molecule has 0 radical (unpaired) electrons. The minimum absolute atomic E-state index is 0.138. The van der Waals surface area contributed by atoms with Crippen molar-refractivity contribution in [1.29, 1.82) is 0 Å². The fraction of sp³-hybridized carbons (Fsp3) is 0.118. The summed E-state index contributed by atoms with van der Waals surface area (Å²) in [6.45, 7) is 3.87. The number of thioether (sulfide) groups is 2. The number of benzene rings is 1. The van der Waals surface area contributed by atoms with Crippen LogP contribution in [0.25, 0.3) is 0 Å². The van der Waals surface area contributed by atoms with Crippen LogP contribution in [0.1, 0.15) is 0 Å². The van der Waals surface area contributed by atoms with Crippen LogP contribution in [0.3, 0.4) is 0 Å². The zero-order valence-electron chi connectivity index (χ0n) is 13.0. The van der Waals surface area contributed by atoms with E-state index in [9.17, 15) is 14.7 Å². The van der Waals surface area contributed by atoms with E-state index in [1.165, 1.54) is 28.4 Å². The number of hydrogen-bond acceptors (Lipinski definition) is 6. The molecule has 2 heterocycles. The van der Waals surface area contributed by atoms with Gasteiger partial charge in [-0.3, -0.25) is 14.5 Å². The Hall–Kier alpha value is -2.03. The molecule has 0 saturated carbocycles. The molecule has 2 aliphatic heterocycles. The molecule has 0 atom stereocenters. The van der Waals surface area contributed by atoms with Crippen molar-refractivity contribution in [2.75, 3.05) is 18.0 Å². The van der Waals surface area contributed by atoms with Gasteiger partial charge >= 0.3 is 5.97 Å². The van der Waals surface area contributed by atoms with Crippen LogP contribution in [0.2, 0.25) is 0 Å². The summed E-state index contributed by atoms with van der Waals surface area (Å²) in [5, 5.41) is 9.94. The van der Waals surface area contributed by atoms with Crippen LogP contribution in [0, 0.1) is 0 Å². The maximum Gasteiger partial charge on any atom is 0.323 e. The molecule has 0 bridgehead atoms. The van der Waals surface area contributed by atoms with E-state index in [-0.39, 0.29) is 12.5 Å². The molecule has 1 saturated heterocycles. The zero-order valence-corrected chi connectivity index (χ0v) is 15.5. The van der Waals surface area contributed by atoms with Crippen molar-refractivity contribution in [2.24, 2.45) is 0 Å². The SMILES string of the molecule is C=CCN1C(=O)/C(=C/C=C2/Sc3ccccc3N2CC(=O)O)SC1=S. The first kappa shape index (κ1) is 17.8. The van der Waals surface area contributed by atoms with Gasteiger partial charge in [-0.1, -0.05) is 54.0 Å². The number of amides is 1. The number of fused-ring (bicyclic) bond motifs is 1. The van der Waals surface area contributed by atoms with Gasteiger partial charge in [-0.25, -0.2) is 0 Å². The average molecular weight is 391 g/mol. The molecule has 0 unspecified atom stereocenters. The molecule has 2 aliphatic rings. The first-order chi connectivity index (χ1) is 12.0. The number of allylic oxidation sites excluding steroid dienone is 2. The topological polar surface area (TPSA) is 60.9 Å². The average Bonchev–Trinajstić information content (AvgIpc) is 3.05. The van der Waals surface area contributed by atoms with E-state index < -0.39 is 5.97 Å². The summed E-state index contributed by atoms with van der Waals surface area (Å²) in [6, 6.07) is 7.61. The largest absolute Gasteiger partial charge is 0.480 e. The second-order valence-corrected chi connectivity index (χ2v) is 7.90. The number of hydrogen-bond donors (Lipinski definition) is 1. The van der Waals surface area contributed by atoms with Gasteiger partial charge in [0.25, 0.3) is 5.91 Å². The van der Waals surface area contributed by atoms with E-state index in [0.717, 1.165) is 15.6 Å². The summed E-state index contributed by atoms with van der Waals surface area (Å²) in [6.07, 6.45) is 5.10. The highest BCUT2D eigenvalue weighted by molar-refractivity contribution is 8.26. The van der Waals surface area contributed by atoms with Gasteiger partial charge in [0.1, 0.15) is 10.9 Å². The van der Waals surface area contributed by atoms with E-state index in [1.807, 2.05) is 24.3 Å². The fourth-order valence-electron chi connectivity index (χ4n) is 2.42. The number of anilines is 1. The summed E-state index contributed by atoms with van der Waals surface area (Å²) in [5.74, 6) is -1.07. The van der Waals surface area contributed by atoms with Crippen LogP contribution in [-0.2, 0) is 9.59 Å². The molecule has 128 valence electrons. The summed E-state index contributed by atoms with van der Waals surface area (Å²) in [5.41, 5.74) is 0.855. The number of aliphatic carboxylic acids is 1. The van der Waals surface area contributed by atoms with Crippen molar-refractivity contribution in [3.63, 3.8) is 0 Å². The van der Waals surface area contributed by atoms with Gasteiger partial charge in [-0.15, -0.1) is 6.58 Å². The third-order valence-electron chi connectivity index (χ3n) is 3.49. The summed E-state index contributed by atoms with van der Waals surface area (Å²) >= 11 is 7.93. The van der Waals surface area contributed by atoms with Crippen molar-refractivity contribution >= 4 is 57.6 Å². The molecule has 1 amide bonds. The minimum Gasteiger partial charge on any atom is -0.480 e. The predicted molar refractivity (Wildman–Crippen MR) is 106 cm³/mol. The Morgan fingerprint density at radius 1 is 1.24 bits per heavy atom. The van der Waals surface area contributed by atoms with Crippen LogP contribution < -0.4 is 4.90 Å². The molecule has 1 N–H and O–H groups in total. The highest BCUT2D eigenvalue weighted by Crippen LogP contribution is 2.45. The maximum atomic E-state index is 12.3. The lowest BCUT2D eigenvalue weighted by Gasteiger charge is -2.17. The molecule has 8 heteroatoms. The molecule has 25 heavy (non-hydrogen) atoms. The van der Waals surface area contributed by atoms with E-state index in [1.54, 1.807) is 23.1 Å². The molecule has 1 fully saturated rings. The Kier molecular flexibility index (Phi) is 5.31. The summed E-state index contributed by atoms with van der Waals surface area (Å²) in [4.78, 5) is 28.3. The van der Waals surface area contributed by atoms with Crippen molar-refractivity contribution in [3.05, 3.63) is 59.0 Å². The summed E-state index contributed by atoms with van der Waals surface area (Å²) < 4.78 is 0.499.